The van der Waals surface area contributed by atoms with Crippen LogP contribution in [-0.4, -0.2) is 37.7 Å². The number of nitrogens with one attached hydrogen (secondary N) is 1. The van der Waals surface area contributed by atoms with Crippen molar-refractivity contribution in [1.82, 2.24) is 5.32 Å². The number of unbranched alkanes of at least 4 members (excludes halogenated alkanes) is 1. The third-order valence-corrected chi connectivity index (χ3v) is 1.89. The number of carbonyl (C=O) groups excluding carboxylic acids is 1. The van der Waals surface area contributed by atoms with Crippen molar-refractivity contribution in [3.8, 4) is 0 Å². The van der Waals surface area contributed by atoms with E-state index in [2.05, 4.69) is 10.1 Å². The second kappa shape index (κ2) is 8.64. The summed E-state index contributed by atoms with van der Waals surface area (Å²) in [6.07, 6.45) is -2.83. The molecule has 1 N–H and O–H groups in total. The van der Waals surface area contributed by atoms with Crippen LogP contribution in [0.2, 0.25) is 0 Å². The molecule has 96 valence electrons. The summed E-state index contributed by atoms with van der Waals surface area (Å²) in [6.45, 7) is -1.04. The van der Waals surface area contributed by atoms with E-state index in [0.717, 1.165) is 12.8 Å². The summed E-state index contributed by atoms with van der Waals surface area (Å²) in [7, 11) is 0. The summed E-state index contributed by atoms with van der Waals surface area (Å²) in [5.74, 6) is 0.224. The lowest BCUT2D eigenvalue weighted by atomic mass is 10.3. The minimum absolute atomic E-state index is 0.0586. The molecule has 0 aliphatic carbocycles. The van der Waals surface area contributed by atoms with E-state index in [-0.39, 0.29) is 18.9 Å². The van der Waals surface area contributed by atoms with Gasteiger partial charge in [-0.25, -0.2) is 0 Å². The molecule has 0 spiro atoms. The summed E-state index contributed by atoms with van der Waals surface area (Å²) in [5, 5.41) is 2.56. The number of alkyl halides is 4. The Bertz CT molecular complexity index is 200. The normalized spacial score (nSPS) is 11.5. The van der Waals surface area contributed by atoms with Crippen LogP contribution in [0.1, 0.15) is 19.3 Å². The number of hydrogen-bond acceptors (Lipinski definition) is 2. The number of amides is 1. The number of rotatable bonds is 8. The highest BCUT2D eigenvalue weighted by molar-refractivity contribution is 6.17. The molecule has 0 saturated carbocycles. The predicted molar refractivity (Wildman–Crippen MR) is 54.5 cm³/mol. The maximum Gasteiger partial charge on any atom is 0.411 e. The Morgan fingerprint density at radius 1 is 1.31 bits per heavy atom. The Kier molecular flexibility index (Phi) is 8.37. The molecular weight excluding hydrogens is 247 g/mol. The SMILES string of the molecule is O=C(CCOCC(F)(F)F)NCCCCCl. The third-order valence-electron chi connectivity index (χ3n) is 1.62. The maximum absolute atomic E-state index is 11.6. The highest BCUT2D eigenvalue weighted by Crippen LogP contribution is 2.14. The van der Waals surface area contributed by atoms with Crippen LogP contribution in [-0.2, 0) is 9.53 Å². The first-order chi connectivity index (χ1) is 7.45. The van der Waals surface area contributed by atoms with E-state index in [1.165, 1.54) is 0 Å². The van der Waals surface area contributed by atoms with Gasteiger partial charge in [-0.15, -0.1) is 11.6 Å². The third kappa shape index (κ3) is 11.6. The summed E-state index contributed by atoms with van der Waals surface area (Å²) in [4.78, 5) is 11.0. The van der Waals surface area contributed by atoms with Crippen molar-refractivity contribution >= 4 is 17.5 Å². The maximum atomic E-state index is 11.6. The Morgan fingerprint density at radius 2 is 2.00 bits per heavy atom. The van der Waals surface area contributed by atoms with Crippen LogP contribution in [0, 0.1) is 0 Å². The van der Waals surface area contributed by atoms with Gasteiger partial charge in [-0.1, -0.05) is 0 Å². The monoisotopic (exact) mass is 261 g/mol. The van der Waals surface area contributed by atoms with Gasteiger partial charge >= 0.3 is 6.18 Å². The van der Waals surface area contributed by atoms with Crippen molar-refractivity contribution in [1.29, 1.82) is 0 Å². The Balaban J connectivity index is 3.31. The molecule has 16 heavy (non-hydrogen) atoms. The van der Waals surface area contributed by atoms with Gasteiger partial charge in [0.15, 0.2) is 0 Å². The fourth-order valence-corrected chi connectivity index (χ4v) is 1.08. The summed E-state index contributed by atoms with van der Waals surface area (Å²) in [6, 6.07) is 0. The van der Waals surface area contributed by atoms with Crippen LogP contribution < -0.4 is 5.32 Å². The first-order valence-electron chi connectivity index (χ1n) is 4.93. The van der Waals surface area contributed by atoms with Crippen LogP contribution in [0.25, 0.3) is 0 Å². The molecule has 0 aromatic heterocycles. The van der Waals surface area contributed by atoms with Crippen molar-refractivity contribution in [3.05, 3.63) is 0 Å². The molecule has 0 heterocycles. The molecule has 0 radical (unpaired) electrons. The number of carbonyl (C=O) groups is 1. The van der Waals surface area contributed by atoms with Crippen molar-refractivity contribution in [2.24, 2.45) is 0 Å². The Morgan fingerprint density at radius 3 is 2.56 bits per heavy atom. The van der Waals surface area contributed by atoms with Crippen molar-refractivity contribution in [2.75, 3.05) is 25.6 Å². The van der Waals surface area contributed by atoms with Gasteiger partial charge in [-0.3, -0.25) is 4.79 Å². The van der Waals surface area contributed by atoms with Gasteiger partial charge in [-0.05, 0) is 12.8 Å². The molecule has 0 aromatic rings. The van der Waals surface area contributed by atoms with Gasteiger partial charge < -0.3 is 10.1 Å². The molecule has 1 amide bonds. The zero-order valence-corrected chi connectivity index (χ0v) is 9.53. The lowest BCUT2D eigenvalue weighted by molar-refractivity contribution is -0.174. The van der Waals surface area contributed by atoms with Crippen LogP contribution in [0.5, 0.6) is 0 Å². The zero-order valence-electron chi connectivity index (χ0n) is 8.78. The van der Waals surface area contributed by atoms with E-state index < -0.39 is 12.8 Å². The second-order valence-corrected chi connectivity index (χ2v) is 3.54. The fourth-order valence-electron chi connectivity index (χ4n) is 0.888. The van der Waals surface area contributed by atoms with Crippen LogP contribution in [0.3, 0.4) is 0 Å². The van der Waals surface area contributed by atoms with Gasteiger partial charge in [-0.2, -0.15) is 13.2 Å². The highest BCUT2D eigenvalue weighted by Gasteiger charge is 2.27. The van der Waals surface area contributed by atoms with Gasteiger partial charge in [0.25, 0.3) is 0 Å². The van der Waals surface area contributed by atoms with Crippen LogP contribution in [0.15, 0.2) is 0 Å². The second-order valence-electron chi connectivity index (χ2n) is 3.16. The quantitative estimate of drug-likeness (QED) is 0.537. The van der Waals surface area contributed by atoms with Crippen LogP contribution in [0.4, 0.5) is 13.2 Å². The fraction of sp³-hybridized carbons (Fsp3) is 0.889. The van der Waals surface area contributed by atoms with Gasteiger partial charge in [0.05, 0.1) is 6.61 Å². The highest BCUT2D eigenvalue weighted by atomic mass is 35.5. The summed E-state index contributed by atoms with van der Waals surface area (Å²) >= 11 is 5.42. The topological polar surface area (TPSA) is 38.3 Å². The Hall–Kier alpha value is -0.490. The first kappa shape index (κ1) is 15.5. The van der Waals surface area contributed by atoms with Crippen molar-refractivity contribution < 1.29 is 22.7 Å². The first-order valence-corrected chi connectivity index (χ1v) is 5.46. The average Bonchev–Trinajstić information content (AvgIpc) is 2.18. The number of halogens is 4. The molecule has 0 bridgehead atoms. The molecule has 0 saturated heterocycles. The molecule has 0 rings (SSSR count). The van der Waals surface area contributed by atoms with Crippen molar-refractivity contribution in [2.45, 2.75) is 25.4 Å². The van der Waals surface area contributed by atoms with Gasteiger partial charge in [0, 0.05) is 18.8 Å². The standard InChI is InChI=1S/C9H15ClF3NO2/c10-4-1-2-5-14-8(15)3-6-16-7-9(11,12)13/h1-7H2,(H,14,15). The molecule has 0 aliphatic rings. The number of ether oxygens (including phenoxy) is 1. The molecule has 0 atom stereocenters. The molecule has 7 heteroatoms. The molecule has 0 fully saturated rings. The molecule has 0 aromatic carbocycles. The summed E-state index contributed by atoms with van der Waals surface area (Å²) in [5.41, 5.74) is 0. The Labute approximate surface area is 97.3 Å². The number of hydrogen-bond donors (Lipinski definition) is 1. The van der Waals surface area contributed by atoms with Crippen molar-refractivity contribution in [3.63, 3.8) is 0 Å². The largest absolute Gasteiger partial charge is 0.411 e. The van der Waals surface area contributed by atoms with Gasteiger partial charge in [0.2, 0.25) is 5.91 Å². The zero-order chi connectivity index (χ0) is 12.4. The smallest absolute Gasteiger partial charge is 0.372 e. The lowest BCUT2D eigenvalue weighted by Crippen LogP contribution is -2.26. The lowest BCUT2D eigenvalue weighted by Gasteiger charge is -2.07. The van der Waals surface area contributed by atoms with E-state index in [0.29, 0.717) is 12.4 Å². The predicted octanol–water partition coefficient (Wildman–Crippen LogP) is 2.09. The van der Waals surface area contributed by atoms with E-state index >= 15 is 0 Å². The van der Waals surface area contributed by atoms with E-state index in [1.807, 2.05) is 0 Å². The molecule has 0 aliphatic heterocycles. The molecule has 3 nitrogen and oxygen atoms in total. The average molecular weight is 262 g/mol. The molecular formula is C9H15ClF3NO2. The molecule has 0 unspecified atom stereocenters. The minimum Gasteiger partial charge on any atom is -0.372 e. The van der Waals surface area contributed by atoms with E-state index in [1.54, 1.807) is 0 Å². The minimum atomic E-state index is -4.34. The van der Waals surface area contributed by atoms with Gasteiger partial charge in [0.1, 0.15) is 6.61 Å². The van der Waals surface area contributed by atoms with E-state index in [4.69, 9.17) is 11.6 Å². The van der Waals surface area contributed by atoms with E-state index in [9.17, 15) is 18.0 Å². The van der Waals surface area contributed by atoms with Crippen LogP contribution >= 0.6 is 11.6 Å². The summed E-state index contributed by atoms with van der Waals surface area (Å²) < 4.78 is 39.2.